The molecule has 1 rings (SSSR count). The molecule has 0 aliphatic heterocycles. The SMILES string of the molecule is COC(=O)CC(C)CC(N)c1cc(Cl)sc1Cl. The van der Waals surface area contributed by atoms with Crippen LogP contribution in [0.5, 0.6) is 0 Å². The first-order valence-corrected chi connectivity index (χ1v) is 6.78. The third-order valence-electron chi connectivity index (χ3n) is 2.48. The molecule has 1 aromatic heterocycles. The van der Waals surface area contributed by atoms with Crippen LogP contribution in [-0.2, 0) is 9.53 Å². The number of hydrogen-bond donors (Lipinski definition) is 1. The molecule has 0 fully saturated rings. The lowest BCUT2D eigenvalue weighted by atomic mass is 9.96. The quantitative estimate of drug-likeness (QED) is 0.844. The lowest BCUT2D eigenvalue weighted by Gasteiger charge is -2.15. The molecule has 0 aliphatic rings. The molecular weight excluding hydrogens is 281 g/mol. The first kappa shape index (κ1) is 14.8. The summed E-state index contributed by atoms with van der Waals surface area (Å²) in [6, 6.07) is 1.58. The van der Waals surface area contributed by atoms with Crippen LogP contribution in [-0.4, -0.2) is 13.1 Å². The maximum Gasteiger partial charge on any atom is 0.305 e. The van der Waals surface area contributed by atoms with Crippen LogP contribution in [0, 0.1) is 5.92 Å². The van der Waals surface area contributed by atoms with Crippen LogP contribution in [0.4, 0.5) is 0 Å². The molecule has 0 radical (unpaired) electrons. The summed E-state index contributed by atoms with van der Waals surface area (Å²) in [5.41, 5.74) is 6.88. The highest BCUT2D eigenvalue weighted by atomic mass is 35.5. The molecule has 0 aliphatic carbocycles. The van der Waals surface area contributed by atoms with Gasteiger partial charge in [-0.1, -0.05) is 30.1 Å². The van der Waals surface area contributed by atoms with Crippen LogP contribution in [0.2, 0.25) is 8.67 Å². The van der Waals surface area contributed by atoms with Gasteiger partial charge in [-0.3, -0.25) is 4.79 Å². The number of carbonyl (C=O) groups excluding carboxylic acids is 1. The van der Waals surface area contributed by atoms with Crippen LogP contribution < -0.4 is 5.73 Å². The minimum Gasteiger partial charge on any atom is -0.469 e. The van der Waals surface area contributed by atoms with E-state index in [9.17, 15) is 4.79 Å². The average molecular weight is 296 g/mol. The van der Waals surface area contributed by atoms with E-state index in [4.69, 9.17) is 28.9 Å². The molecular formula is C11H15Cl2NO2S. The topological polar surface area (TPSA) is 52.3 Å². The molecule has 3 nitrogen and oxygen atoms in total. The fourth-order valence-electron chi connectivity index (χ4n) is 1.62. The number of halogens is 2. The van der Waals surface area contributed by atoms with Crippen molar-refractivity contribution in [3.8, 4) is 0 Å². The summed E-state index contributed by atoms with van der Waals surface area (Å²) < 4.78 is 5.86. The van der Waals surface area contributed by atoms with Crippen molar-refractivity contribution in [2.45, 2.75) is 25.8 Å². The molecule has 6 heteroatoms. The minimum atomic E-state index is -0.223. The standard InChI is InChI=1S/C11H15Cl2NO2S/c1-6(4-10(15)16-2)3-8(14)7-5-9(12)17-11(7)13/h5-6,8H,3-4,14H2,1-2H3. The number of hydrogen-bond acceptors (Lipinski definition) is 4. The Bertz CT molecular complexity index is 395. The van der Waals surface area contributed by atoms with Crippen LogP contribution in [0.15, 0.2) is 6.07 Å². The third-order valence-corrected chi connectivity index (χ3v) is 4.00. The average Bonchev–Trinajstić information content (AvgIpc) is 2.57. The summed E-state index contributed by atoms with van der Waals surface area (Å²) in [5, 5.41) is 0. The zero-order chi connectivity index (χ0) is 13.0. The Morgan fingerprint density at radius 1 is 1.59 bits per heavy atom. The number of esters is 1. The van der Waals surface area contributed by atoms with Gasteiger partial charge in [-0.15, -0.1) is 11.3 Å². The highest BCUT2D eigenvalue weighted by Gasteiger charge is 2.18. The van der Waals surface area contributed by atoms with Crippen molar-refractivity contribution < 1.29 is 9.53 Å². The van der Waals surface area contributed by atoms with Crippen molar-refractivity contribution >= 4 is 40.5 Å². The maximum absolute atomic E-state index is 11.1. The monoisotopic (exact) mass is 295 g/mol. The molecule has 2 unspecified atom stereocenters. The fourth-order valence-corrected chi connectivity index (χ4v) is 3.21. The smallest absolute Gasteiger partial charge is 0.305 e. The largest absolute Gasteiger partial charge is 0.469 e. The maximum atomic E-state index is 11.1. The van der Waals surface area contributed by atoms with Crippen LogP contribution in [0.1, 0.15) is 31.4 Å². The Hall–Kier alpha value is -0.290. The van der Waals surface area contributed by atoms with Gasteiger partial charge in [0.05, 0.1) is 15.8 Å². The molecule has 17 heavy (non-hydrogen) atoms. The lowest BCUT2D eigenvalue weighted by molar-refractivity contribution is -0.141. The second-order valence-electron chi connectivity index (χ2n) is 4.01. The molecule has 0 saturated heterocycles. The molecule has 0 bridgehead atoms. The predicted molar refractivity (Wildman–Crippen MR) is 71.7 cm³/mol. The van der Waals surface area contributed by atoms with Gasteiger partial charge in [0.2, 0.25) is 0 Å². The van der Waals surface area contributed by atoms with Crippen molar-refractivity contribution in [2.75, 3.05) is 7.11 Å². The van der Waals surface area contributed by atoms with E-state index in [1.165, 1.54) is 18.4 Å². The molecule has 0 saturated carbocycles. The van der Waals surface area contributed by atoms with E-state index < -0.39 is 0 Å². The molecule has 0 amide bonds. The Balaban J connectivity index is 2.57. The van der Waals surface area contributed by atoms with Gasteiger partial charge in [0.1, 0.15) is 0 Å². The number of methoxy groups -OCH3 is 1. The van der Waals surface area contributed by atoms with Gasteiger partial charge in [-0.25, -0.2) is 0 Å². The molecule has 0 spiro atoms. The number of rotatable bonds is 5. The third kappa shape index (κ3) is 4.47. The lowest BCUT2D eigenvalue weighted by Crippen LogP contribution is -2.16. The van der Waals surface area contributed by atoms with E-state index in [1.807, 2.05) is 6.92 Å². The molecule has 0 aromatic carbocycles. The number of nitrogens with two attached hydrogens (primary N) is 1. The Kier molecular flexibility index (Phi) is 5.73. The second-order valence-corrected chi connectivity index (χ2v) is 6.29. The van der Waals surface area contributed by atoms with E-state index in [2.05, 4.69) is 4.74 Å². The van der Waals surface area contributed by atoms with Gasteiger partial charge in [-0.05, 0) is 24.0 Å². The van der Waals surface area contributed by atoms with Crippen LogP contribution >= 0.6 is 34.5 Å². The summed E-state index contributed by atoms with van der Waals surface area (Å²) in [4.78, 5) is 11.1. The Morgan fingerprint density at radius 3 is 2.71 bits per heavy atom. The minimum absolute atomic E-state index is 0.146. The van der Waals surface area contributed by atoms with Crippen molar-refractivity contribution in [1.29, 1.82) is 0 Å². The summed E-state index contributed by atoms with van der Waals surface area (Å²) in [5.74, 6) is -0.0775. The molecule has 96 valence electrons. The zero-order valence-electron chi connectivity index (χ0n) is 9.70. The normalized spacial score (nSPS) is 14.4. The van der Waals surface area contributed by atoms with Gasteiger partial charge in [0, 0.05) is 12.5 Å². The summed E-state index contributed by atoms with van der Waals surface area (Å²) >= 11 is 13.2. The van der Waals surface area contributed by atoms with Crippen LogP contribution in [0.3, 0.4) is 0 Å². The van der Waals surface area contributed by atoms with Gasteiger partial charge < -0.3 is 10.5 Å². The van der Waals surface area contributed by atoms with E-state index in [1.54, 1.807) is 6.07 Å². The van der Waals surface area contributed by atoms with Crippen molar-refractivity contribution in [3.05, 3.63) is 20.3 Å². The van der Waals surface area contributed by atoms with E-state index >= 15 is 0 Å². The molecule has 2 atom stereocenters. The van der Waals surface area contributed by atoms with Gasteiger partial charge >= 0.3 is 5.97 Å². The van der Waals surface area contributed by atoms with E-state index in [0.717, 1.165) is 5.56 Å². The highest BCUT2D eigenvalue weighted by molar-refractivity contribution is 7.20. The van der Waals surface area contributed by atoms with Gasteiger partial charge in [0.25, 0.3) is 0 Å². The second kappa shape index (κ2) is 6.59. The first-order valence-electron chi connectivity index (χ1n) is 5.21. The van der Waals surface area contributed by atoms with E-state index in [-0.39, 0.29) is 17.9 Å². The highest BCUT2D eigenvalue weighted by Crippen LogP contribution is 2.36. The summed E-state index contributed by atoms with van der Waals surface area (Å²) in [7, 11) is 1.38. The number of carbonyl (C=O) groups is 1. The van der Waals surface area contributed by atoms with Gasteiger partial charge in [0.15, 0.2) is 0 Å². The van der Waals surface area contributed by atoms with Crippen molar-refractivity contribution in [2.24, 2.45) is 11.7 Å². The Morgan fingerprint density at radius 2 is 2.24 bits per heavy atom. The summed E-state index contributed by atoms with van der Waals surface area (Å²) in [6.45, 7) is 1.96. The predicted octanol–water partition coefficient (Wildman–Crippen LogP) is 3.64. The van der Waals surface area contributed by atoms with Crippen molar-refractivity contribution in [3.63, 3.8) is 0 Å². The first-order chi connectivity index (χ1) is 7.93. The zero-order valence-corrected chi connectivity index (χ0v) is 12.0. The van der Waals surface area contributed by atoms with Gasteiger partial charge in [-0.2, -0.15) is 0 Å². The number of ether oxygens (including phenoxy) is 1. The molecule has 2 N–H and O–H groups in total. The summed E-state index contributed by atoms with van der Waals surface area (Å²) in [6.07, 6.45) is 1.03. The van der Waals surface area contributed by atoms with Crippen LogP contribution in [0.25, 0.3) is 0 Å². The molecule has 1 aromatic rings. The fraction of sp³-hybridized carbons (Fsp3) is 0.545. The molecule has 1 heterocycles. The number of thiophene rings is 1. The van der Waals surface area contributed by atoms with Crippen molar-refractivity contribution in [1.82, 2.24) is 0 Å². The Labute approximate surface area is 115 Å². The van der Waals surface area contributed by atoms with E-state index in [0.29, 0.717) is 21.5 Å².